The molecule has 5 nitrogen and oxygen atoms in total. The van der Waals surface area contributed by atoms with Crippen LogP contribution in [0.15, 0.2) is 15.7 Å². The van der Waals surface area contributed by atoms with Crippen LogP contribution >= 0.6 is 0 Å². The monoisotopic (exact) mass is 212 g/mol. The van der Waals surface area contributed by atoms with Gasteiger partial charge in [0, 0.05) is 11.8 Å². The Hall–Kier alpha value is -1.36. The lowest BCUT2D eigenvalue weighted by molar-refractivity contribution is 0.0536. The van der Waals surface area contributed by atoms with Crippen molar-refractivity contribution in [1.29, 1.82) is 0 Å². The van der Waals surface area contributed by atoms with Gasteiger partial charge in [0.15, 0.2) is 0 Å². The molecule has 1 N–H and O–H groups in total. The van der Waals surface area contributed by atoms with E-state index in [4.69, 9.17) is 4.74 Å². The SMILES string of the molecule is Cc1cc(=O)[nH]c(=O)n1COCC(C)C. The minimum absolute atomic E-state index is 0.180. The molecule has 0 aliphatic rings. The van der Waals surface area contributed by atoms with Crippen LogP contribution in [-0.2, 0) is 11.5 Å². The zero-order valence-corrected chi connectivity index (χ0v) is 9.24. The molecule has 1 heterocycles. The molecule has 0 atom stereocenters. The van der Waals surface area contributed by atoms with E-state index >= 15 is 0 Å². The maximum atomic E-state index is 11.4. The van der Waals surface area contributed by atoms with E-state index in [9.17, 15) is 9.59 Å². The van der Waals surface area contributed by atoms with Crippen molar-refractivity contribution in [1.82, 2.24) is 9.55 Å². The summed E-state index contributed by atoms with van der Waals surface area (Å²) in [7, 11) is 0. The van der Waals surface area contributed by atoms with E-state index in [1.165, 1.54) is 10.6 Å². The number of hydrogen-bond acceptors (Lipinski definition) is 3. The molecular weight excluding hydrogens is 196 g/mol. The first-order valence-corrected chi connectivity index (χ1v) is 4.89. The van der Waals surface area contributed by atoms with Crippen molar-refractivity contribution in [3.63, 3.8) is 0 Å². The Morgan fingerprint density at radius 3 is 2.67 bits per heavy atom. The summed E-state index contributed by atoms with van der Waals surface area (Å²) >= 11 is 0. The minimum atomic E-state index is -0.427. The van der Waals surface area contributed by atoms with Gasteiger partial charge >= 0.3 is 5.69 Å². The van der Waals surface area contributed by atoms with Crippen molar-refractivity contribution < 1.29 is 4.74 Å². The van der Waals surface area contributed by atoms with Gasteiger partial charge in [-0.25, -0.2) is 4.79 Å². The van der Waals surface area contributed by atoms with Crippen LogP contribution in [-0.4, -0.2) is 16.2 Å². The normalized spacial score (nSPS) is 10.9. The quantitative estimate of drug-likeness (QED) is 0.789. The standard InChI is InChI=1S/C10H16N2O3/c1-7(2)5-15-6-12-8(3)4-9(13)11-10(12)14/h4,7H,5-6H2,1-3H3,(H,11,13,14). The van der Waals surface area contributed by atoms with Gasteiger partial charge in [0.1, 0.15) is 6.73 Å². The third-order valence-corrected chi connectivity index (χ3v) is 1.91. The van der Waals surface area contributed by atoms with E-state index in [1.807, 2.05) is 13.8 Å². The molecule has 0 aliphatic heterocycles. The van der Waals surface area contributed by atoms with E-state index in [1.54, 1.807) is 6.92 Å². The first-order chi connectivity index (χ1) is 7.00. The first kappa shape index (κ1) is 11.7. The molecule has 0 aromatic carbocycles. The van der Waals surface area contributed by atoms with Crippen LogP contribution in [0.1, 0.15) is 19.5 Å². The zero-order chi connectivity index (χ0) is 11.4. The van der Waals surface area contributed by atoms with Crippen LogP contribution in [0.3, 0.4) is 0 Å². The van der Waals surface area contributed by atoms with Crippen LogP contribution < -0.4 is 11.2 Å². The predicted octanol–water partition coefficient (Wildman–Crippen LogP) is 0.475. The van der Waals surface area contributed by atoms with Gasteiger partial charge in [-0.05, 0) is 12.8 Å². The molecule has 0 bridgehead atoms. The molecule has 1 aromatic rings. The molecule has 15 heavy (non-hydrogen) atoms. The number of nitrogens with one attached hydrogen (secondary N) is 1. The second-order valence-electron chi connectivity index (χ2n) is 3.90. The molecule has 1 rings (SSSR count). The number of aromatic nitrogens is 2. The second kappa shape index (κ2) is 4.93. The van der Waals surface area contributed by atoms with Crippen molar-refractivity contribution >= 4 is 0 Å². The Balaban J connectivity index is 2.77. The van der Waals surface area contributed by atoms with Gasteiger partial charge in [-0.2, -0.15) is 0 Å². The fraction of sp³-hybridized carbons (Fsp3) is 0.600. The summed E-state index contributed by atoms with van der Waals surface area (Å²) in [5.41, 5.74) is -0.200. The predicted molar refractivity (Wildman–Crippen MR) is 56.8 cm³/mol. The summed E-state index contributed by atoms with van der Waals surface area (Å²) in [5.74, 6) is 0.420. The highest BCUT2D eigenvalue weighted by molar-refractivity contribution is 4.97. The third-order valence-electron chi connectivity index (χ3n) is 1.91. The lowest BCUT2D eigenvalue weighted by atomic mass is 10.2. The lowest BCUT2D eigenvalue weighted by Gasteiger charge is -2.10. The summed E-state index contributed by atoms with van der Waals surface area (Å²) < 4.78 is 6.72. The van der Waals surface area contributed by atoms with E-state index in [-0.39, 0.29) is 12.3 Å². The number of ether oxygens (including phenoxy) is 1. The van der Waals surface area contributed by atoms with Gasteiger partial charge in [0.2, 0.25) is 0 Å². The van der Waals surface area contributed by atoms with Crippen molar-refractivity contribution in [2.45, 2.75) is 27.5 Å². The average molecular weight is 212 g/mol. The molecule has 0 spiro atoms. The molecule has 5 heteroatoms. The smallest absolute Gasteiger partial charge is 0.330 e. The van der Waals surface area contributed by atoms with Crippen LogP contribution in [0.25, 0.3) is 0 Å². The van der Waals surface area contributed by atoms with Crippen molar-refractivity contribution in [2.75, 3.05) is 6.61 Å². The zero-order valence-electron chi connectivity index (χ0n) is 9.24. The maximum absolute atomic E-state index is 11.4. The molecule has 0 saturated carbocycles. The summed E-state index contributed by atoms with van der Waals surface area (Å²) in [6.07, 6.45) is 0. The van der Waals surface area contributed by atoms with Crippen molar-refractivity contribution in [3.8, 4) is 0 Å². The molecule has 0 unspecified atom stereocenters. The summed E-state index contributed by atoms with van der Waals surface area (Å²) in [5, 5.41) is 0. The summed E-state index contributed by atoms with van der Waals surface area (Å²) in [6, 6.07) is 1.38. The molecule has 0 fully saturated rings. The van der Waals surface area contributed by atoms with Crippen molar-refractivity contribution in [2.24, 2.45) is 5.92 Å². The highest BCUT2D eigenvalue weighted by Crippen LogP contribution is 1.95. The van der Waals surface area contributed by atoms with E-state index in [2.05, 4.69) is 4.98 Å². The van der Waals surface area contributed by atoms with Crippen LogP contribution in [0.2, 0.25) is 0 Å². The number of hydrogen-bond donors (Lipinski definition) is 1. The van der Waals surface area contributed by atoms with Gasteiger partial charge in [0.05, 0.1) is 6.61 Å². The topological polar surface area (TPSA) is 64.1 Å². The van der Waals surface area contributed by atoms with Crippen LogP contribution in [0.5, 0.6) is 0 Å². The Bertz CT molecular complexity index is 431. The Morgan fingerprint density at radius 2 is 2.13 bits per heavy atom. The number of H-pyrrole nitrogens is 1. The third kappa shape index (κ3) is 3.36. The van der Waals surface area contributed by atoms with Crippen LogP contribution in [0, 0.1) is 12.8 Å². The first-order valence-electron chi connectivity index (χ1n) is 4.89. The Morgan fingerprint density at radius 1 is 1.47 bits per heavy atom. The van der Waals surface area contributed by atoms with Crippen LogP contribution in [0.4, 0.5) is 0 Å². The van der Waals surface area contributed by atoms with Gasteiger partial charge in [0.25, 0.3) is 5.56 Å². The number of aryl methyl sites for hydroxylation is 1. The van der Waals surface area contributed by atoms with E-state index < -0.39 is 5.69 Å². The summed E-state index contributed by atoms with van der Waals surface area (Å²) in [6.45, 7) is 6.53. The fourth-order valence-electron chi connectivity index (χ4n) is 1.18. The van der Waals surface area contributed by atoms with Gasteiger partial charge in [-0.3, -0.25) is 14.3 Å². The number of nitrogens with zero attached hydrogens (tertiary/aromatic N) is 1. The van der Waals surface area contributed by atoms with Gasteiger partial charge in [-0.1, -0.05) is 13.8 Å². The maximum Gasteiger partial charge on any atom is 0.330 e. The van der Waals surface area contributed by atoms with E-state index in [0.717, 1.165) is 0 Å². The Kier molecular flexibility index (Phi) is 3.85. The average Bonchev–Trinajstić information content (AvgIpc) is 2.08. The highest BCUT2D eigenvalue weighted by Gasteiger charge is 2.02. The van der Waals surface area contributed by atoms with E-state index in [0.29, 0.717) is 18.2 Å². The number of aromatic amines is 1. The minimum Gasteiger partial charge on any atom is -0.360 e. The molecule has 84 valence electrons. The van der Waals surface area contributed by atoms with Crippen molar-refractivity contribution in [3.05, 3.63) is 32.6 Å². The van der Waals surface area contributed by atoms with Gasteiger partial charge in [-0.15, -0.1) is 0 Å². The fourth-order valence-corrected chi connectivity index (χ4v) is 1.18. The Labute approximate surface area is 87.7 Å². The molecule has 0 saturated heterocycles. The molecule has 1 aromatic heterocycles. The summed E-state index contributed by atoms with van der Waals surface area (Å²) in [4.78, 5) is 24.5. The lowest BCUT2D eigenvalue weighted by Crippen LogP contribution is -2.32. The van der Waals surface area contributed by atoms with Gasteiger partial charge < -0.3 is 4.74 Å². The largest absolute Gasteiger partial charge is 0.360 e. The molecule has 0 radical (unpaired) electrons. The molecule has 0 aliphatic carbocycles. The second-order valence-corrected chi connectivity index (χ2v) is 3.90. The highest BCUT2D eigenvalue weighted by atomic mass is 16.5. The number of rotatable bonds is 4. The molecule has 0 amide bonds. The molecular formula is C10H16N2O3.